The largest absolute Gasteiger partial charge is 0.484 e. The maximum absolute atomic E-state index is 13.6. The minimum atomic E-state index is -0.677. The zero-order valence-electron chi connectivity index (χ0n) is 18.8. The molecule has 1 atom stereocenters. The van der Waals surface area contributed by atoms with E-state index in [-0.39, 0.29) is 35.8 Å². The average Bonchev–Trinajstić information content (AvgIpc) is 3.11. The van der Waals surface area contributed by atoms with Crippen LogP contribution in [0.2, 0.25) is 5.02 Å². The molecule has 0 fully saturated rings. The summed E-state index contributed by atoms with van der Waals surface area (Å²) in [6.45, 7) is 2.02. The minimum Gasteiger partial charge on any atom is -0.484 e. The number of amides is 2. The molecular weight excluding hydrogens is 468 g/mol. The molecule has 3 aromatic carbocycles. The summed E-state index contributed by atoms with van der Waals surface area (Å²) in [6.07, 6.45) is 0. The van der Waals surface area contributed by atoms with E-state index in [0.717, 1.165) is 11.1 Å². The Hall–Kier alpha value is -4.10. The second-order valence-corrected chi connectivity index (χ2v) is 8.90. The molecule has 0 saturated heterocycles. The van der Waals surface area contributed by atoms with Gasteiger partial charge >= 0.3 is 0 Å². The molecule has 1 aromatic heterocycles. The average molecular weight is 489 g/mol. The van der Waals surface area contributed by atoms with Gasteiger partial charge in [0.25, 0.3) is 11.8 Å². The van der Waals surface area contributed by atoms with Crippen LogP contribution in [0.15, 0.2) is 75.9 Å². The zero-order chi connectivity index (χ0) is 24.7. The third-order valence-corrected chi connectivity index (χ3v) is 6.21. The van der Waals surface area contributed by atoms with Gasteiger partial charge in [0.15, 0.2) is 12.0 Å². The highest BCUT2D eigenvalue weighted by Crippen LogP contribution is 2.39. The number of carbonyl (C=O) groups excluding carboxylic acids is 2. The molecular formula is C27H21ClN2O5. The van der Waals surface area contributed by atoms with E-state index >= 15 is 0 Å². The molecule has 1 aliphatic heterocycles. The van der Waals surface area contributed by atoms with Crippen molar-refractivity contribution in [1.82, 2.24) is 4.90 Å². The Bertz CT molecular complexity index is 1510. The van der Waals surface area contributed by atoms with Gasteiger partial charge < -0.3 is 19.8 Å². The first-order chi connectivity index (χ1) is 16.8. The van der Waals surface area contributed by atoms with Crippen LogP contribution in [0.4, 0.5) is 0 Å². The Kier molecular flexibility index (Phi) is 5.78. The molecule has 176 valence electrons. The Morgan fingerprint density at radius 3 is 2.46 bits per heavy atom. The Morgan fingerprint density at radius 1 is 1.06 bits per heavy atom. The van der Waals surface area contributed by atoms with Gasteiger partial charge in [-0.15, -0.1) is 0 Å². The van der Waals surface area contributed by atoms with E-state index in [1.54, 1.807) is 47.4 Å². The molecule has 0 radical (unpaired) electrons. The number of carbonyl (C=O) groups is 2. The van der Waals surface area contributed by atoms with Gasteiger partial charge in [0.05, 0.1) is 17.0 Å². The van der Waals surface area contributed by atoms with Crippen LogP contribution in [-0.4, -0.2) is 23.3 Å². The first-order valence-corrected chi connectivity index (χ1v) is 11.3. The maximum atomic E-state index is 13.6. The second kappa shape index (κ2) is 8.92. The van der Waals surface area contributed by atoms with E-state index in [1.165, 1.54) is 0 Å². The van der Waals surface area contributed by atoms with Gasteiger partial charge in [0.1, 0.15) is 11.3 Å². The van der Waals surface area contributed by atoms with Crippen LogP contribution in [0.5, 0.6) is 5.75 Å². The molecule has 8 heteroatoms. The number of nitrogens with two attached hydrogens (primary N) is 1. The molecule has 4 aromatic rings. The molecule has 35 heavy (non-hydrogen) atoms. The third kappa shape index (κ3) is 4.26. The highest BCUT2D eigenvalue weighted by molar-refractivity contribution is 6.31. The summed E-state index contributed by atoms with van der Waals surface area (Å²) in [5.41, 5.74) is 8.14. The lowest BCUT2D eigenvalue weighted by Gasteiger charge is -2.25. The quantitative estimate of drug-likeness (QED) is 0.434. The lowest BCUT2D eigenvalue weighted by Crippen LogP contribution is -2.29. The number of rotatable bonds is 6. The number of nitrogens with zero attached hydrogens (tertiary/aromatic N) is 1. The summed E-state index contributed by atoms with van der Waals surface area (Å²) in [6, 6.07) is 18.8. The van der Waals surface area contributed by atoms with Crippen molar-refractivity contribution in [3.8, 4) is 5.75 Å². The van der Waals surface area contributed by atoms with E-state index in [2.05, 4.69) is 0 Å². The molecule has 0 unspecified atom stereocenters. The Labute approximate surface area is 205 Å². The van der Waals surface area contributed by atoms with E-state index in [4.69, 9.17) is 26.5 Å². The lowest BCUT2D eigenvalue weighted by atomic mass is 9.98. The normalized spacial score (nSPS) is 14.9. The second-order valence-electron chi connectivity index (χ2n) is 8.46. The van der Waals surface area contributed by atoms with Crippen LogP contribution in [0.3, 0.4) is 0 Å². The summed E-state index contributed by atoms with van der Waals surface area (Å²) in [5, 5.41) is 0.714. The van der Waals surface area contributed by atoms with Gasteiger partial charge in [-0.3, -0.25) is 14.4 Å². The lowest BCUT2D eigenvalue weighted by molar-refractivity contribution is -0.119. The number of fused-ring (bicyclic) bond motifs is 2. The number of aryl methyl sites for hydroxylation is 1. The predicted octanol–water partition coefficient (Wildman–Crippen LogP) is 4.36. The number of primary amides is 1. The van der Waals surface area contributed by atoms with E-state index in [1.807, 2.05) is 31.2 Å². The fourth-order valence-electron chi connectivity index (χ4n) is 4.29. The van der Waals surface area contributed by atoms with Gasteiger partial charge in [-0.05, 0) is 48.4 Å². The molecule has 2 heterocycles. The summed E-state index contributed by atoms with van der Waals surface area (Å²) in [4.78, 5) is 39.8. The number of ether oxygens (including phenoxy) is 1. The van der Waals surface area contributed by atoms with Crippen molar-refractivity contribution < 1.29 is 18.7 Å². The van der Waals surface area contributed by atoms with Gasteiger partial charge in [-0.2, -0.15) is 0 Å². The van der Waals surface area contributed by atoms with E-state index < -0.39 is 11.9 Å². The van der Waals surface area contributed by atoms with E-state index in [0.29, 0.717) is 27.3 Å². The van der Waals surface area contributed by atoms with Crippen molar-refractivity contribution in [2.75, 3.05) is 6.61 Å². The van der Waals surface area contributed by atoms with E-state index in [9.17, 15) is 14.4 Å². The van der Waals surface area contributed by atoms with Crippen LogP contribution >= 0.6 is 11.6 Å². The molecule has 0 saturated carbocycles. The summed E-state index contributed by atoms with van der Waals surface area (Å²) in [5.74, 6) is -0.485. The van der Waals surface area contributed by atoms with Crippen LogP contribution in [-0.2, 0) is 11.3 Å². The Balaban J connectivity index is 1.63. The fraction of sp³-hybridized carbons (Fsp3) is 0.148. The van der Waals surface area contributed by atoms with Crippen molar-refractivity contribution in [1.29, 1.82) is 0 Å². The Morgan fingerprint density at radius 2 is 1.77 bits per heavy atom. The fourth-order valence-corrected chi connectivity index (χ4v) is 4.47. The zero-order valence-corrected chi connectivity index (χ0v) is 19.5. The topological polar surface area (TPSA) is 103 Å². The monoisotopic (exact) mass is 488 g/mol. The number of halogens is 1. The number of hydrogen-bond acceptors (Lipinski definition) is 5. The SMILES string of the molecule is Cc1ccc(CN2C(=O)c3oc4ccc(Cl)cc4c(=O)c3[C@H]2c2ccc(OCC(N)=O)cc2)cc1. The van der Waals surface area contributed by atoms with Crippen molar-refractivity contribution in [2.45, 2.75) is 19.5 Å². The van der Waals surface area contributed by atoms with Crippen LogP contribution < -0.4 is 15.9 Å². The smallest absolute Gasteiger partial charge is 0.291 e. The van der Waals surface area contributed by atoms with Crippen molar-refractivity contribution in [3.63, 3.8) is 0 Å². The van der Waals surface area contributed by atoms with Crippen molar-refractivity contribution >= 4 is 34.4 Å². The summed E-state index contributed by atoms with van der Waals surface area (Å²) >= 11 is 6.14. The van der Waals surface area contributed by atoms with Gasteiger partial charge in [-0.1, -0.05) is 53.6 Å². The number of benzene rings is 3. The molecule has 1 aliphatic rings. The van der Waals surface area contributed by atoms with Gasteiger partial charge in [0, 0.05) is 11.6 Å². The van der Waals surface area contributed by atoms with Crippen LogP contribution in [0.1, 0.15) is 38.9 Å². The molecule has 2 amide bonds. The number of hydrogen-bond donors (Lipinski definition) is 1. The molecule has 7 nitrogen and oxygen atoms in total. The molecule has 2 N–H and O–H groups in total. The summed E-state index contributed by atoms with van der Waals surface area (Å²) < 4.78 is 11.3. The predicted molar refractivity (Wildman–Crippen MR) is 132 cm³/mol. The molecule has 0 spiro atoms. The van der Waals surface area contributed by atoms with Gasteiger partial charge in [-0.25, -0.2) is 0 Å². The third-order valence-electron chi connectivity index (χ3n) is 5.98. The van der Waals surface area contributed by atoms with Crippen molar-refractivity contribution in [2.24, 2.45) is 5.73 Å². The standard InChI is InChI=1S/C27H21ClN2O5/c1-15-2-4-16(5-3-15)13-30-24(17-6-9-19(10-7-17)34-14-22(29)31)23-25(32)20-12-18(28)8-11-21(20)35-26(23)27(30)33/h2-12,24H,13-14H2,1H3,(H2,29,31)/t24-/m1/s1. The molecule has 0 aliphatic carbocycles. The van der Waals surface area contributed by atoms with Crippen LogP contribution in [0.25, 0.3) is 11.0 Å². The van der Waals surface area contributed by atoms with Gasteiger partial charge in [0.2, 0.25) is 5.76 Å². The first-order valence-electron chi connectivity index (χ1n) is 11.0. The maximum Gasteiger partial charge on any atom is 0.291 e. The highest BCUT2D eigenvalue weighted by Gasteiger charge is 2.42. The minimum absolute atomic E-state index is 0.0241. The molecule has 5 rings (SSSR count). The van der Waals surface area contributed by atoms with Crippen molar-refractivity contribution in [3.05, 3.63) is 110 Å². The summed E-state index contributed by atoms with van der Waals surface area (Å²) in [7, 11) is 0. The van der Waals surface area contributed by atoms with Crippen LogP contribution in [0, 0.1) is 6.92 Å². The molecule has 0 bridgehead atoms. The highest BCUT2D eigenvalue weighted by atomic mass is 35.5. The first kappa shape index (κ1) is 22.7.